The van der Waals surface area contributed by atoms with Gasteiger partial charge in [-0.1, -0.05) is 19.9 Å². The van der Waals surface area contributed by atoms with Gasteiger partial charge in [0, 0.05) is 19.6 Å². The molecule has 0 aromatic heterocycles. The van der Waals surface area contributed by atoms with E-state index in [0.29, 0.717) is 12.1 Å². The van der Waals surface area contributed by atoms with Crippen LogP contribution in [0.5, 0.6) is 5.75 Å². The molecular formula is C15H22N2O2. The number of phenols is 1. The van der Waals surface area contributed by atoms with Gasteiger partial charge < -0.3 is 15.3 Å². The number of nitrogens with one attached hydrogen (secondary N) is 1. The van der Waals surface area contributed by atoms with Gasteiger partial charge in [-0.05, 0) is 36.0 Å². The normalized spacial score (nSPS) is 23.5. The molecule has 1 aliphatic heterocycles. The zero-order valence-electron chi connectivity index (χ0n) is 11.6. The van der Waals surface area contributed by atoms with Crippen LogP contribution in [0, 0.1) is 11.8 Å². The lowest BCUT2D eigenvalue weighted by Gasteiger charge is -2.15. The number of carbonyl (C=O) groups excluding carboxylic acids is 1. The maximum atomic E-state index is 10.4. The fourth-order valence-electron chi connectivity index (χ4n) is 2.64. The van der Waals surface area contributed by atoms with Crippen molar-refractivity contribution in [3.05, 3.63) is 23.8 Å². The fourth-order valence-corrected chi connectivity index (χ4v) is 2.64. The molecule has 0 bridgehead atoms. The Hall–Kier alpha value is -1.55. The summed E-state index contributed by atoms with van der Waals surface area (Å²) < 4.78 is 0. The van der Waals surface area contributed by atoms with Gasteiger partial charge in [-0.3, -0.25) is 4.79 Å². The highest BCUT2D eigenvalue weighted by Crippen LogP contribution is 2.25. The monoisotopic (exact) mass is 262 g/mol. The number of amides is 1. The van der Waals surface area contributed by atoms with Crippen LogP contribution in [0.1, 0.15) is 19.4 Å². The van der Waals surface area contributed by atoms with E-state index in [9.17, 15) is 9.90 Å². The van der Waals surface area contributed by atoms with Gasteiger partial charge in [0.1, 0.15) is 5.75 Å². The Balaban J connectivity index is 1.93. The summed E-state index contributed by atoms with van der Waals surface area (Å²) in [6, 6.07) is 5.39. The van der Waals surface area contributed by atoms with E-state index in [0.717, 1.165) is 30.4 Å². The lowest BCUT2D eigenvalue weighted by molar-refractivity contribution is -0.105. The number of anilines is 1. The van der Waals surface area contributed by atoms with Crippen molar-refractivity contribution >= 4 is 12.1 Å². The Kier molecular flexibility index (Phi) is 4.43. The molecule has 4 nitrogen and oxygen atoms in total. The highest BCUT2D eigenvalue weighted by atomic mass is 16.3. The number of benzene rings is 1. The second-order valence-corrected chi connectivity index (χ2v) is 5.58. The smallest absolute Gasteiger partial charge is 0.211 e. The molecule has 1 amide bonds. The highest BCUT2D eigenvalue weighted by molar-refractivity contribution is 5.75. The van der Waals surface area contributed by atoms with Crippen LogP contribution in [0.25, 0.3) is 0 Å². The largest absolute Gasteiger partial charge is 0.506 e. The van der Waals surface area contributed by atoms with Gasteiger partial charge in [-0.2, -0.15) is 0 Å². The van der Waals surface area contributed by atoms with Crippen LogP contribution in [0.3, 0.4) is 0 Å². The van der Waals surface area contributed by atoms with Gasteiger partial charge in [0.2, 0.25) is 6.41 Å². The molecule has 2 rings (SSSR count). The van der Waals surface area contributed by atoms with Crippen molar-refractivity contribution in [2.75, 3.05) is 25.0 Å². The van der Waals surface area contributed by atoms with Crippen molar-refractivity contribution < 1.29 is 9.90 Å². The Morgan fingerprint density at radius 1 is 1.37 bits per heavy atom. The summed E-state index contributed by atoms with van der Waals surface area (Å²) in [6.07, 6.45) is 1.52. The number of hydrogen-bond acceptors (Lipinski definition) is 3. The molecule has 0 radical (unpaired) electrons. The summed E-state index contributed by atoms with van der Waals surface area (Å²) in [4.78, 5) is 12.9. The molecule has 1 aromatic rings. The fraction of sp³-hybridized carbons (Fsp3) is 0.533. The second-order valence-electron chi connectivity index (χ2n) is 5.58. The SMILES string of the molecule is CC1CN(CCc2ccc(O)c(NC=O)c2)CC1C. The van der Waals surface area contributed by atoms with Crippen LogP contribution in [-0.4, -0.2) is 36.1 Å². The maximum Gasteiger partial charge on any atom is 0.211 e. The first kappa shape index (κ1) is 13.9. The summed E-state index contributed by atoms with van der Waals surface area (Å²) in [5.74, 6) is 1.65. The van der Waals surface area contributed by atoms with Crippen molar-refractivity contribution in [2.45, 2.75) is 20.3 Å². The number of phenolic OH excluding ortho intramolecular Hbond substituents is 1. The van der Waals surface area contributed by atoms with Gasteiger partial charge >= 0.3 is 0 Å². The summed E-state index contributed by atoms with van der Waals surface area (Å²) >= 11 is 0. The summed E-state index contributed by atoms with van der Waals surface area (Å²) in [5.41, 5.74) is 1.62. The summed E-state index contributed by atoms with van der Waals surface area (Å²) in [6.45, 7) is 7.96. The molecule has 2 atom stereocenters. The molecule has 1 saturated heterocycles. The van der Waals surface area contributed by atoms with E-state index in [1.165, 1.54) is 13.1 Å². The third kappa shape index (κ3) is 3.47. The number of likely N-dealkylation sites (tertiary alicyclic amines) is 1. The third-order valence-corrected chi connectivity index (χ3v) is 4.06. The number of nitrogens with zero attached hydrogens (tertiary/aromatic N) is 1. The van der Waals surface area contributed by atoms with Crippen molar-refractivity contribution in [1.29, 1.82) is 0 Å². The molecule has 4 heteroatoms. The lowest BCUT2D eigenvalue weighted by Crippen LogP contribution is -2.23. The van der Waals surface area contributed by atoms with E-state index < -0.39 is 0 Å². The minimum atomic E-state index is 0.110. The Labute approximate surface area is 114 Å². The minimum Gasteiger partial charge on any atom is -0.506 e. The van der Waals surface area contributed by atoms with Crippen molar-refractivity contribution in [3.63, 3.8) is 0 Å². The van der Waals surface area contributed by atoms with E-state index in [-0.39, 0.29) is 5.75 Å². The van der Waals surface area contributed by atoms with Crippen LogP contribution >= 0.6 is 0 Å². The second kappa shape index (κ2) is 6.06. The molecule has 0 spiro atoms. The third-order valence-electron chi connectivity index (χ3n) is 4.06. The average molecular weight is 262 g/mol. The minimum absolute atomic E-state index is 0.110. The van der Waals surface area contributed by atoms with E-state index in [1.807, 2.05) is 12.1 Å². The Bertz CT molecular complexity index is 438. The van der Waals surface area contributed by atoms with E-state index in [2.05, 4.69) is 24.1 Å². The number of rotatable bonds is 5. The quantitative estimate of drug-likeness (QED) is 0.631. The number of hydrogen-bond donors (Lipinski definition) is 2. The molecule has 1 fully saturated rings. The molecule has 104 valence electrons. The average Bonchev–Trinajstić information content (AvgIpc) is 2.70. The first-order valence-corrected chi connectivity index (χ1v) is 6.84. The lowest BCUT2D eigenvalue weighted by atomic mass is 10.0. The predicted molar refractivity (Wildman–Crippen MR) is 76.3 cm³/mol. The van der Waals surface area contributed by atoms with Gasteiger partial charge in [0.05, 0.1) is 5.69 Å². The molecular weight excluding hydrogens is 240 g/mol. The van der Waals surface area contributed by atoms with Crippen molar-refractivity contribution in [1.82, 2.24) is 4.90 Å². The van der Waals surface area contributed by atoms with Gasteiger partial charge in [-0.15, -0.1) is 0 Å². The molecule has 1 aromatic carbocycles. The van der Waals surface area contributed by atoms with Crippen molar-refractivity contribution in [3.8, 4) is 5.75 Å². The van der Waals surface area contributed by atoms with Gasteiger partial charge in [0.25, 0.3) is 0 Å². The summed E-state index contributed by atoms with van der Waals surface area (Å²) in [7, 11) is 0. The van der Waals surface area contributed by atoms with Crippen LogP contribution in [0.4, 0.5) is 5.69 Å². The first-order valence-electron chi connectivity index (χ1n) is 6.84. The van der Waals surface area contributed by atoms with Crippen LogP contribution in [0.15, 0.2) is 18.2 Å². The summed E-state index contributed by atoms with van der Waals surface area (Å²) in [5, 5.41) is 12.1. The molecule has 1 heterocycles. The molecule has 0 aliphatic carbocycles. The maximum absolute atomic E-state index is 10.4. The van der Waals surface area contributed by atoms with Crippen molar-refractivity contribution in [2.24, 2.45) is 11.8 Å². The molecule has 1 aliphatic rings. The zero-order chi connectivity index (χ0) is 13.8. The topological polar surface area (TPSA) is 52.6 Å². The predicted octanol–water partition coefficient (Wildman–Crippen LogP) is 2.09. The van der Waals surface area contributed by atoms with Crippen LogP contribution in [-0.2, 0) is 11.2 Å². The van der Waals surface area contributed by atoms with Crippen LogP contribution in [0.2, 0.25) is 0 Å². The standard InChI is InChI=1S/C15H22N2O2/c1-11-8-17(9-12(11)2)6-5-13-3-4-15(19)14(7-13)16-10-18/h3-4,7,10-12,19H,5-6,8-9H2,1-2H3,(H,16,18). The molecule has 0 saturated carbocycles. The van der Waals surface area contributed by atoms with Gasteiger partial charge in [-0.25, -0.2) is 0 Å². The highest BCUT2D eigenvalue weighted by Gasteiger charge is 2.25. The Morgan fingerprint density at radius 3 is 2.68 bits per heavy atom. The first-order chi connectivity index (χ1) is 9.10. The molecule has 2 N–H and O–H groups in total. The van der Waals surface area contributed by atoms with E-state index in [4.69, 9.17) is 0 Å². The van der Waals surface area contributed by atoms with E-state index in [1.54, 1.807) is 6.07 Å². The Morgan fingerprint density at radius 2 is 2.05 bits per heavy atom. The number of carbonyl (C=O) groups is 1. The van der Waals surface area contributed by atoms with Crippen LogP contribution < -0.4 is 5.32 Å². The zero-order valence-corrected chi connectivity index (χ0v) is 11.6. The molecule has 2 unspecified atom stereocenters. The van der Waals surface area contributed by atoms with Gasteiger partial charge in [0.15, 0.2) is 0 Å². The number of aromatic hydroxyl groups is 1. The molecule has 19 heavy (non-hydrogen) atoms. The van der Waals surface area contributed by atoms with E-state index >= 15 is 0 Å².